The smallest absolute Gasteiger partial charge is 0.251 e. The van der Waals surface area contributed by atoms with Crippen LogP contribution >= 0.6 is 0 Å². The number of hydrogen-bond acceptors (Lipinski definition) is 2. The molecule has 2 aromatic rings. The molecule has 0 unspecified atom stereocenters. The second-order valence-corrected chi connectivity index (χ2v) is 4.89. The highest BCUT2D eigenvalue weighted by atomic mass is 19.1. The molecule has 0 aliphatic heterocycles. The molecule has 0 aliphatic carbocycles. The zero-order valence-electron chi connectivity index (χ0n) is 12.2. The van der Waals surface area contributed by atoms with Crippen molar-refractivity contribution in [3.63, 3.8) is 0 Å². The lowest BCUT2D eigenvalue weighted by Crippen LogP contribution is -2.38. The maximum Gasteiger partial charge on any atom is 0.251 e. The van der Waals surface area contributed by atoms with Crippen LogP contribution in [0.5, 0.6) is 0 Å². The maximum absolute atomic E-state index is 12.8. The zero-order chi connectivity index (χ0) is 15.9. The van der Waals surface area contributed by atoms with Crippen molar-refractivity contribution in [1.29, 1.82) is 0 Å². The van der Waals surface area contributed by atoms with Crippen LogP contribution in [0.4, 0.5) is 4.39 Å². The molecule has 22 heavy (non-hydrogen) atoms. The number of carbonyl (C=O) groups excluding carboxylic acids is 2. The third kappa shape index (κ3) is 4.41. The second-order valence-electron chi connectivity index (χ2n) is 4.89. The van der Waals surface area contributed by atoms with E-state index in [0.717, 1.165) is 5.56 Å². The molecular formula is C17H17FN2O2. The van der Waals surface area contributed by atoms with Crippen LogP contribution in [-0.4, -0.2) is 18.4 Å². The van der Waals surface area contributed by atoms with Crippen molar-refractivity contribution in [2.75, 3.05) is 6.54 Å². The molecule has 0 radical (unpaired) electrons. The van der Waals surface area contributed by atoms with Gasteiger partial charge in [-0.2, -0.15) is 0 Å². The fourth-order valence-corrected chi connectivity index (χ4v) is 1.98. The van der Waals surface area contributed by atoms with Gasteiger partial charge < -0.3 is 10.6 Å². The van der Waals surface area contributed by atoms with Crippen LogP contribution in [0.25, 0.3) is 0 Å². The standard InChI is InChI=1S/C17H17FN2O2/c1-12(13-7-9-15(18)10-8-13)20-16(21)11-19-17(22)14-5-3-2-4-6-14/h2-10,12H,11H2,1H3,(H,19,22)(H,20,21)/t12-/m0/s1. The van der Waals surface area contributed by atoms with E-state index >= 15 is 0 Å². The summed E-state index contributed by atoms with van der Waals surface area (Å²) in [5.41, 5.74) is 1.30. The fourth-order valence-electron chi connectivity index (χ4n) is 1.98. The number of amides is 2. The number of nitrogens with one attached hydrogen (secondary N) is 2. The van der Waals surface area contributed by atoms with Gasteiger partial charge in [0.05, 0.1) is 12.6 Å². The molecule has 0 heterocycles. The van der Waals surface area contributed by atoms with Gasteiger partial charge in [0.25, 0.3) is 5.91 Å². The molecular weight excluding hydrogens is 283 g/mol. The monoisotopic (exact) mass is 300 g/mol. The Morgan fingerprint density at radius 1 is 1.05 bits per heavy atom. The van der Waals surface area contributed by atoms with E-state index in [9.17, 15) is 14.0 Å². The molecule has 1 atom stereocenters. The van der Waals surface area contributed by atoms with E-state index in [-0.39, 0.29) is 30.2 Å². The number of rotatable bonds is 5. The molecule has 2 aromatic carbocycles. The minimum atomic E-state index is -0.322. The molecule has 4 nitrogen and oxygen atoms in total. The summed E-state index contributed by atoms with van der Waals surface area (Å²) < 4.78 is 12.8. The number of benzene rings is 2. The molecule has 0 fully saturated rings. The first-order chi connectivity index (χ1) is 10.6. The predicted molar refractivity (Wildman–Crippen MR) is 81.7 cm³/mol. The third-order valence-electron chi connectivity index (χ3n) is 3.19. The molecule has 0 spiro atoms. The van der Waals surface area contributed by atoms with Crippen LogP contribution in [0, 0.1) is 5.82 Å². The molecule has 114 valence electrons. The van der Waals surface area contributed by atoms with Crippen molar-refractivity contribution in [1.82, 2.24) is 10.6 Å². The van der Waals surface area contributed by atoms with Gasteiger partial charge in [0, 0.05) is 5.56 Å². The van der Waals surface area contributed by atoms with Crippen molar-refractivity contribution in [2.45, 2.75) is 13.0 Å². The summed E-state index contributed by atoms with van der Waals surface area (Å²) in [6.07, 6.45) is 0. The Bertz CT molecular complexity index is 641. The topological polar surface area (TPSA) is 58.2 Å². The van der Waals surface area contributed by atoms with Crippen LogP contribution in [0.2, 0.25) is 0 Å². The van der Waals surface area contributed by atoms with Crippen LogP contribution in [0.3, 0.4) is 0 Å². The van der Waals surface area contributed by atoms with E-state index in [4.69, 9.17) is 0 Å². The van der Waals surface area contributed by atoms with Crippen LogP contribution < -0.4 is 10.6 Å². The summed E-state index contributed by atoms with van der Waals surface area (Å²) >= 11 is 0. The maximum atomic E-state index is 12.8. The Labute approximate surface area is 128 Å². The largest absolute Gasteiger partial charge is 0.348 e. The van der Waals surface area contributed by atoms with E-state index in [0.29, 0.717) is 5.56 Å². The van der Waals surface area contributed by atoms with Gasteiger partial charge in [0.2, 0.25) is 5.91 Å². The molecule has 0 bridgehead atoms. The minimum absolute atomic E-state index is 0.112. The molecule has 0 aromatic heterocycles. The quantitative estimate of drug-likeness (QED) is 0.891. The van der Waals surface area contributed by atoms with Crippen LogP contribution in [0.15, 0.2) is 54.6 Å². The lowest BCUT2D eigenvalue weighted by molar-refractivity contribution is -0.120. The van der Waals surface area contributed by atoms with Crippen molar-refractivity contribution < 1.29 is 14.0 Å². The lowest BCUT2D eigenvalue weighted by Gasteiger charge is -2.14. The Kier molecular flexibility index (Phi) is 5.25. The third-order valence-corrected chi connectivity index (χ3v) is 3.19. The van der Waals surface area contributed by atoms with E-state index in [1.165, 1.54) is 12.1 Å². The number of carbonyl (C=O) groups is 2. The van der Waals surface area contributed by atoms with Gasteiger partial charge in [-0.05, 0) is 36.8 Å². The van der Waals surface area contributed by atoms with Crippen molar-refractivity contribution in [3.05, 3.63) is 71.5 Å². The summed E-state index contributed by atoms with van der Waals surface area (Å²) in [7, 11) is 0. The summed E-state index contributed by atoms with van der Waals surface area (Å²) in [6.45, 7) is 1.68. The van der Waals surface area contributed by atoms with E-state index in [1.807, 2.05) is 6.07 Å². The van der Waals surface area contributed by atoms with Crippen molar-refractivity contribution >= 4 is 11.8 Å². The average molecular weight is 300 g/mol. The molecule has 0 aliphatic rings. The van der Waals surface area contributed by atoms with E-state index in [1.54, 1.807) is 43.3 Å². The Morgan fingerprint density at radius 2 is 1.68 bits per heavy atom. The van der Waals surface area contributed by atoms with E-state index < -0.39 is 0 Å². The highest BCUT2D eigenvalue weighted by molar-refractivity contribution is 5.96. The first kappa shape index (κ1) is 15.7. The Morgan fingerprint density at radius 3 is 2.32 bits per heavy atom. The van der Waals surface area contributed by atoms with Gasteiger partial charge in [-0.15, -0.1) is 0 Å². The molecule has 0 saturated heterocycles. The lowest BCUT2D eigenvalue weighted by atomic mass is 10.1. The van der Waals surface area contributed by atoms with Crippen molar-refractivity contribution in [2.24, 2.45) is 0 Å². The Hall–Kier alpha value is -2.69. The first-order valence-electron chi connectivity index (χ1n) is 6.94. The predicted octanol–water partition coefficient (Wildman–Crippen LogP) is 2.43. The summed E-state index contributed by atoms with van der Waals surface area (Å²) in [6, 6.07) is 14.3. The molecule has 2 N–H and O–H groups in total. The number of halogens is 1. The fraction of sp³-hybridized carbons (Fsp3) is 0.176. The Balaban J connectivity index is 1.83. The summed E-state index contributed by atoms with van der Waals surface area (Å²) in [4.78, 5) is 23.6. The SMILES string of the molecule is C[C@H](NC(=O)CNC(=O)c1ccccc1)c1ccc(F)cc1. The highest BCUT2D eigenvalue weighted by Gasteiger charge is 2.11. The van der Waals surface area contributed by atoms with Gasteiger partial charge in [-0.3, -0.25) is 9.59 Å². The van der Waals surface area contributed by atoms with E-state index in [2.05, 4.69) is 10.6 Å². The molecule has 2 rings (SSSR count). The average Bonchev–Trinajstić information content (AvgIpc) is 2.54. The minimum Gasteiger partial charge on any atom is -0.348 e. The summed E-state index contributed by atoms with van der Waals surface area (Å²) in [5.74, 6) is -0.927. The molecule has 2 amide bonds. The highest BCUT2D eigenvalue weighted by Crippen LogP contribution is 2.12. The first-order valence-corrected chi connectivity index (χ1v) is 6.94. The van der Waals surface area contributed by atoms with Crippen molar-refractivity contribution in [3.8, 4) is 0 Å². The number of hydrogen-bond donors (Lipinski definition) is 2. The van der Waals surface area contributed by atoms with Gasteiger partial charge in [0.15, 0.2) is 0 Å². The molecule has 0 saturated carbocycles. The van der Waals surface area contributed by atoms with Crippen LogP contribution in [0.1, 0.15) is 28.9 Å². The zero-order valence-corrected chi connectivity index (χ0v) is 12.2. The normalized spacial score (nSPS) is 11.5. The van der Waals surface area contributed by atoms with Gasteiger partial charge in [-0.1, -0.05) is 30.3 Å². The summed E-state index contributed by atoms with van der Waals surface area (Å²) in [5, 5.41) is 5.30. The van der Waals surface area contributed by atoms with Gasteiger partial charge in [0.1, 0.15) is 5.82 Å². The molecule has 5 heteroatoms. The van der Waals surface area contributed by atoms with Gasteiger partial charge >= 0.3 is 0 Å². The van der Waals surface area contributed by atoms with Crippen LogP contribution in [-0.2, 0) is 4.79 Å². The second kappa shape index (κ2) is 7.36. The van der Waals surface area contributed by atoms with Gasteiger partial charge in [-0.25, -0.2) is 4.39 Å².